The van der Waals surface area contributed by atoms with Gasteiger partial charge >= 0.3 is 7.60 Å². The van der Waals surface area contributed by atoms with Gasteiger partial charge in [0.1, 0.15) is 5.75 Å². The minimum atomic E-state index is -3.56. The van der Waals surface area contributed by atoms with E-state index < -0.39 is 7.60 Å². The van der Waals surface area contributed by atoms with Crippen molar-refractivity contribution in [2.75, 3.05) is 0 Å². The van der Waals surface area contributed by atoms with Crippen LogP contribution in [-0.2, 0) is 9.09 Å². The van der Waals surface area contributed by atoms with E-state index in [1.54, 1.807) is 0 Å². The maximum absolute atomic E-state index is 14.4. The Bertz CT molecular complexity index is 852. The van der Waals surface area contributed by atoms with Crippen LogP contribution in [0.2, 0.25) is 0 Å². The average molecular weight is 415 g/mol. The molecule has 0 aliphatic heterocycles. The van der Waals surface area contributed by atoms with Crippen LogP contribution in [0.3, 0.4) is 0 Å². The average Bonchev–Trinajstić information content (AvgIpc) is 2.61. The van der Waals surface area contributed by atoms with Crippen LogP contribution < -0.4 is 9.83 Å². The lowest BCUT2D eigenvalue weighted by Crippen LogP contribution is -2.35. The van der Waals surface area contributed by atoms with Crippen LogP contribution in [0.5, 0.6) is 5.75 Å². The fraction of sp³-hybridized carbons (Fsp3) is 0.520. The lowest BCUT2D eigenvalue weighted by molar-refractivity contribution is 0.0414. The summed E-state index contributed by atoms with van der Waals surface area (Å²) in [5, 5.41) is 0.715. The molecule has 0 unspecified atom stereocenters. The van der Waals surface area contributed by atoms with Gasteiger partial charge in [0.2, 0.25) is 0 Å². The van der Waals surface area contributed by atoms with Crippen molar-refractivity contribution < 1.29 is 13.6 Å². The summed E-state index contributed by atoms with van der Waals surface area (Å²) in [4.78, 5) is 0. The zero-order chi connectivity index (χ0) is 21.2. The summed E-state index contributed by atoms with van der Waals surface area (Å²) in [5.41, 5.74) is 3.08. The number of para-hydroxylation sites is 1. The molecule has 0 radical (unpaired) electrons. The Morgan fingerprint density at radius 3 is 2.21 bits per heavy atom. The highest BCUT2D eigenvalue weighted by Crippen LogP contribution is 2.53. The van der Waals surface area contributed by atoms with E-state index in [1.807, 2.05) is 44.2 Å². The number of hydrogen-bond acceptors (Lipinski definition) is 3. The smallest absolute Gasteiger partial charge is 0.411 e. The van der Waals surface area contributed by atoms with Crippen molar-refractivity contribution in [1.82, 2.24) is 0 Å². The van der Waals surface area contributed by atoms with Gasteiger partial charge in [0.15, 0.2) is 0 Å². The quantitative estimate of drug-likeness (QED) is 0.478. The van der Waals surface area contributed by atoms with Crippen LogP contribution >= 0.6 is 7.60 Å². The summed E-state index contributed by atoms with van der Waals surface area (Å²) in [5.74, 6) is 2.03. The SMILES string of the molecule is Cc1cc(C)c([P@](=O)(Oc2ccccc2)O[C@@H]2C[C@H](C)CC[C@H]2C(C)C)c(C)c1. The second kappa shape index (κ2) is 9.06. The van der Waals surface area contributed by atoms with Gasteiger partial charge in [-0.15, -0.1) is 0 Å². The highest BCUT2D eigenvalue weighted by molar-refractivity contribution is 7.62. The largest absolute Gasteiger partial charge is 0.421 e. The Morgan fingerprint density at radius 2 is 1.62 bits per heavy atom. The Morgan fingerprint density at radius 1 is 1.00 bits per heavy atom. The topological polar surface area (TPSA) is 35.5 Å². The Labute approximate surface area is 176 Å². The Balaban J connectivity index is 2.05. The maximum atomic E-state index is 14.4. The van der Waals surface area contributed by atoms with Crippen molar-refractivity contribution in [2.45, 2.75) is 66.9 Å². The standard InChI is InChI=1S/C25H35O3P/c1-17(2)23-13-12-18(3)16-24(23)28-29(26,27-22-10-8-7-9-11-22)25-20(5)14-19(4)15-21(25)6/h7-11,14-15,17-18,23-24H,12-13,16H2,1-6H3/t18-,23+,24-,29+/m1/s1. The van der Waals surface area contributed by atoms with E-state index in [9.17, 15) is 4.57 Å². The molecule has 1 aliphatic rings. The second-order valence-corrected chi connectivity index (χ2v) is 11.0. The highest BCUT2D eigenvalue weighted by Gasteiger charge is 2.41. The molecule has 0 spiro atoms. The first-order valence-corrected chi connectivity index (χ1v) is 12.4. The molecule has 2 aromatic carbocycles. The number of aryl methyl sites for hydroxylation is 3. The van der Waals surface area contributed by atoms with Gasteiger partial charge < -0.3 is 4.52 Å². The molecule has 0 aromatic heterocycles. The molecule has 29 heavy (non-hydrogen) atoms. The predicted octanol–water partition coefficient (Wildman–Crippen LogP) is 6.99. The zero-order valence-electron chi connectivity index (χ0n) is 18.6. The lowest BCUT2D eigenvalue weighted by Gasteiger charge is -2.38. The molecular weight excluding hydrogens is 379 g/mol. The molecule has 4 heteroatoms. The summed E-state index contributed by atoms with van der Waals surface area (Å²) in [6.45, 7) is 12.8. The van der Waals surface area contributed by atoms with Crippen LogP contribution in [0.1, 0.15) is 56.7 Å². The van der Waals surface area contributed by atoms with Crippen LogP contribution in [-0.4, -0.2) is 6.10 Å². The fourth-order valence-corrected chi connectivity index (χ4v) is 6.99. The molecule has 3 rings (SSSR count). The van der Waals surface area contributed by atoms with E-state index >= 15 is 0 Å². The minimum Gasteiger partial charge on any atom is -0.421 e. The van der Waals surface area contributed by atoms with Crippen molar-refractivity contribution in [3.05, 3.63) is 59.2 Å². The summed E-state index contributed by atoms with van der Waals surface area (Å²) < 4.78 is 27.2. The normalized spacial score (nSPS) is 24.3. The third-order valence-corrected chi connectivity index (χ3v) is 8.37. The molecule has 1 aliphatic carbocycles. The third kappa shape index (κ3) is 5.13. The summed E-state index contributed by atoms with van der Waals surface area (Å²) in [6.07, 6.45) is 3.18. The van der Waals surface area contributed by atoms with E-state index in [1.165, 1.54) is 6.42 Å². The molecule has 0 heterocycles. The summed E-state index contributed by atoms with van der Waals surface area (Å²) >= 11 is 0. The van der Waals surface area contributed by atoms with Crippen molar-refractivity contribution >= 4 is 12.9 Å². The van der Waals surface area contributed by atoms with Gasteiger partial charge in [0.25, 0.3) is 0 Å². The lowest BCUT2D eigenvalue weighted by atomic mass is 9.75. The van der Waals surface area contributed by atoms with E-state index in [0.29, 0.717) is 28.8 Å². The van der Waals surface area contributed by atoms with Crippen molar-refractivity contribution in [1.29, 1.82) is 0 Å². The van der Waals surface area contributed by atoms with Gasteiger partial charge in [-0.05, 0) is 74.6 Å². The molecule has 0 saturated heterocycles. The summed E-state index contributed by atoms with van der Waals surface area (Å²) in [7, 11) is -3.56. The van der Waals surface area contributed by atoms with Crippen molar-refractivity contribution in [3.8, 4) is 5.75 Å². The first-order chi connectivity index (χ1) is 13.7. The molecule has 0 bridgehead atoms. The van der Waals surface area contributed by atoms with Crippen LogP contribution in [0, 0.1) is 38.5 Å². The highest BCUT2D eigenvalue weighted by atomic mass is 31.2. The maximum Gasteiger partial charge on any atom is 0.411 e. The molecule has 158 valence electrons. The van der Waals surface area contributed by atoms with Gasteiger partial charge in [0.05, 0.1) is 11.4 Å². The minimum absolute atomic E-state index is 0.0617. The Hall–Kier alpha value is -1.57. The number of benzene rings is 2. The van der Waals surface area contributed by atoms with Crippen LogP contribution in [0.25, 0.3) is 0 Å². The van der Waals surface area contributed by atoms with E-state index in [4.69, 9.17) is 9.05 Å². The van der Waals surface area contributed by atoms with Gasteiger partial charge in [-0.1, -0.05) is 63.1 Å². The van der Waals surface area contributed by atoms with E-state index in [-0.39, 0.29) is 6.10 Å². The predicted molar refractivity (Wildman–Crippen MR) is 121 cm³/mol. The first kappa shape index (κ1) is 22.1. The zero-order valence-corrected chi connectivity index (χ0v) is 19.5. The van der Waals surface area contributed by atoms with E-state index in [0.717, 1.165) is 29.5 Å². The van der Waals surface area contributed by atoms with Crippen molar-refractivity contribution in [2.24, 2.45) is 17.8 Å². The fourth-order valence-electron chi connectivity index (χ4n) is 4.76. The van der Waals surface area contributed by atoms with Crippen LogP contribution in [0.15, 0.2) is 42.5 Å². The Kier molecular flexibility index (Phi) is 6.91. The molecular formula is C25H35O3P. The van der Waals surface area contributed by atoms with Gasteiger partial charge in [-0.2, -0.15) is 0 Å². The summed E-state index contributed by atoms with van der Waals surface area (Å²) in [6, 6.07) is 13.5. The van der Waals surface area contributed by atoms with Gasteiger partial charge in [-0.25, -0.2) is 4.57 Å². The first-order valence-electron chi connectivity index (χ1n) is 10.8. The molecule has 1 saturated carbocycles. The second-order valence-electron chi connectivity index (χ2n) is 9.12. The molecule has 3 nitrogen and oxygen atoms in total. The number of rotatable bonds is 6. The molecule has 0 N–H and O–H groups in total. The molecule has 2 aromatic rings. The monoisotopic (exact) mass is 414 g/mol. The van der Waals surface area contributed by atoms with E-state index in [2.05, 4.69) is 39.8 Å². The molecule has 1 fully saturated rings. The third-order valence-electron chi connectivity index (χ3n) is 6.11. The van der Waals surface area contributed by atoms with Crippen LogP contribution in [0.4, 0.5) is 0 Å². The van der Waals surface area contributed by atoms with Gasteiger partial charge in [-0.3, -0.25) is 4.52 Å². The number of hydrogen-bond donors (Lipinski definition) is 0. The van der Waals surface area contributed by atoms with Gasteiger partial charge in [0, 0.05) is 0 Å². The molecule has 0 amide bonds. The van der Waals surface area contributed by atoms with Crippen molar-refractivity contribution in [3.63, 3.8) is 0 Å². The molecule has 4 atom stereocenters.